The highest BCUT2D eigenvalue weighted by atomic mass is 31.2. The van der Waals surface area contributed by atoms with Crippen LogP contribution in [0.25, 0.3) is 0 Å². The van der Waals surface area contributed by atoms with Crippen molar-refractivity contribution in [2.75, 3.05) is 21.0 Å². The molecule has 0 radical (unpaired) electrons. The first-order chi connectivity index (χ1) is 8.62. The number of benzene rings is 1. The van der Waals surface area contributed by atoms with Crippen LogP contribution in [0.15, 0.2) is 30.3 Å². The molecule has 1 unspecified atom stereocenters. The van der Waals surface area contributed by atoms with Crippen LogP contribution in [0.1, 0.15) is 12.5 Å². The molecule has 0 aliphatic carbocycles. The minimum Gasteiger partial charge on any atom is -0.362 e. The van der Waals surface area contributed by atoms with Gasteiger partial charge in [-0.1, -0.05) is 30.3 Å². The fourth-order valence-corrected chi connectivity index (χ4v) is 2.50. The maximum absolute atomic E-state index is 12.0. The molecule has 0 aliphatic heterocycles. The van der Waals surface area contributed by atoms with Gasteiger partial charge >= 0.3 is 7.60 Å². The van der Waals surface area contributed by atoms with Crippen molar-refractivity contribution in [1.82, 2.24) is 5.32 Å². The fraction of sp³-hybridized carbons (Fsp3) is 0.500. The van der Waals surface area contributed by atoms with Crippen LogP contribution in [0.4, 0.5) is 0 Å². The maximum atomic E-state index is 12.0. The van der Waals surface area contributed by atoms with E-state index in [1.165, 1.54) is 14.2 Å². The zero-order valence-corrected chi connectivity index (χ0v) is 11.9. The number of hydrogen-bond acceptors (Lipinski definition) is 5. The van der Waals surface area contributed by atoms with E-state index < -0.39 is 13.4 Å². The van der Waals surface area contributed by atoms with Gasteiger partial charge in [-0.05, 0) is 12.5 Å². The Morgan fingerprint density at radius 1 is 1.22 bits per heavy atom. The van der Waals surface area contributed by atoms with E-state index in [9.17, 15) is 4.57 Å². The Balaban J connectivity index is 2.28. The summed E-state index contributed by atoms with van der Waals surface area (Å²) in [4.78, 5) is 0. The lowest BCUT2D eigenvalue weighted by Gasteiger charge is -2.21. The van der Waals surface area contributed by atoms with Crippen molar-refractivity contribution >= 4 is 7.60 Å². The maximum Gasteiger partial charge on any atom is 0.346 e. The number of hydrogen-bond donors (Lipinski definition) is 1. The minimum absolute atomic E-state index is 0.284. The molecule has 0 fully saturated rings. The van der Waals surface area contributed by atoms with Crippen molar-refractivity contribution in [2.24, 2.45) is 0 Å². The minimum atomic E-state index is -3.08. The third kappa shape index (κ3) is 4.52. The Labute approximate surface area is 108 Å². The second-order valence-electron chi connectivity index (χ2n) is 3.76. The molecule has 5 nitrogen and oxygen atoms in total. The predicted octanol–water partition coefficient (Wildman–Crippen LogP) is 2.58. The topological polar surface area (TPSA) is 56.8 Å². The molecule has 6 heteroatoms. The SMILES string of the molecule is COP(=O)(OC)C(C)NCOCc1ccccc1. The van der Waals surface area contributed by atoms with Gasteiger partial charge in [-0.25, -0.2) is 0 Å². The van der Waals surface area contributed by atoms with E-state index in [4.69, 9.17) is 13.8 Å². The lowest BCUT2D eigenvalue weighted by atomic mass is 10.2. The Hall–Kier alpha value is -0.710. The Morgan fingerprint density at radius 2 is 1.83 bits per heavy atom. The molecule has 0 heterocycles. The summed E-state index contributed by atoms with van der Waals surface area (Å²) in [7, 11) is -0.339. The van der Waals surface area contributed by atoms with Crippen molar-refractivity contribution in [3.63, 3.8) is 0 Å². The molecule has 1 aromatic carbocycles. The average Bonchev–Trinajstić information content (AvgIpc) is 2.43. The van der Waals surface area contributed by atoms with Crippen LogP contribution in [-0.4, -0.2) is 26.7 Å². The standard InChI is InChI=1S/C12H20NO4P/c1-11(18(14,15-2)16-3)13-10-17-9-12-7-5-4-6-8-12/h4-8,11,13H,9-10H2,1-3H3. The van der Waals surface area contributed by atoms with E-state index >= 15 is 0 Å². The van der Waals surface area contributed by atoms with Gasteiger partial charge in [0, 0.05) is 14.2 Å². The van der Waals surface area contributed by atoms with E-state index in [0.29, 0.717) is 6.61 Å². The predicted molar refractivity (Wildman–Crippen MR) is 70.3 cm³/mol. The van der Waals surface area contributed by atoms with Crippen LogP contribution < -0.4 is 5.32 Å². The number of nitrogens with one attached hydrogen (secondary N) is 1. The molecule has 1 N–H and O–H groups in total. The van der Waals surface area contributed by atoms with E-state index in [2.05, 4.69) is 5.32 Å². The molecule has 0 bridgehead atoms. The van der Waals surface area contributed by atoms with Crippen molar-refractivity contribution in [3.8, 4) is 0 Å². The third-order valence-electron chi connectivity index (χ3n) is 2.58. The van der Waals surface area contributed by atoms with Crippen LogP contribution in [0.3, 0.4) is 0 Å². The molecule has 1 atom stereocenters. The monoisotopic (exact) mass is 273 g/mol. The highest BCUT2D eigenvalue weighted by Gasteiger charge is 2.29. The first-order valence-corrected chi connectivity index (χ1v) is 7.30. The Morgan fingerprint density at radius 3 is 2.39 bits per heavy atom. The molecule has 0 aromatic heterocycles. The largest absolute Gasteiger partial charge is 0.362 e. The molecule has 1 rings (SSSR count). The van der Waals surface area contributed by atoms with Gasteiger partial charge in [0.1, 0.15) is 5.78 Å². The van der Waals surface area contributed by atoms with E-state index in [-0.39, 0.29) is 6.73 Å². The first-order valence-electron chi connectivity index (χ1n) is 5.68. The van der Waals surface area contributed by atoms with Gasteiger partial charge in [-0.3, -0.25) is 9.88 Å². The summed E-state index contributed by atoms with van der Waals surface area (Å²) in [6.45, 7) is 2.53. The van der Waals surface area contributed by atoms with Crippen molar-refractivity contribution in [1.29, 1.82) is 0 Å². The molecule has 0 saturated heterocycles. The van der Waals surface area contributed by atoms with E-state index in [0.717, 1.165) is 5.56 Å². The van der Waals surface area contributed by atoms with Crippen molar-refractivity contribution in [3.05, 3.63) is 35.9 Å². The molecular weight excluding hydrogens is 253 g/mol. The lowest BCUT2D eigenvalue weighted by molar-refractivity contribution is 0.0990. The highest BCUT2D eigenvalue weighted by molar-refractivity contribution is 7.54. The highest BCUT2D eigenvalue weighted by Crippen LogP contribution is 2.50. The zero-order chi connectivity index (χ0) is 13.4. The van der Waals surface area contributed by atoms with Gasteiger partial charge in [0.2, 0.25) is 0 Å². The van der Waals surface area contributed by atoms with Crippen LogP contribution in [0, 0.1) is 0 Å². The zero-order valence-electron chi connectivity index (χ0n) is 11.0. The van der Waals surface area contributed by atoms with Gasteiger partial charge < -0.3 is 13.8 Å². The fourth-order valence-electron chi connectivity index (χ4n) is 1.43. The van der Waals surface area contributed by atoms with Crippen LogP contribution in [0.2, 0.25) is 0 Å². The number of rotatable bonds is 8. The summed E-state index contributed by atoms with van der Waals surface area (Å²) in [6.07, 6.45) is 0. The van der Waals surface area contributed by atoms with Crippen LogP contribution in [0.5, 0.6) is 0 Å². The second-order valence-corrected chi connectivity index (χ2v) is 6.35. The molecule has 0 aliphatic rings. The van der Waals surface area contributed by atoms with Crippen molar-refractivity contribution < 1.29 is 18.3 Å². The summed E-state index contributed by atoms with van der Waals surface area (Å²) in [5.74, 6) is -0.414. The summed E-state index contributed by atoms with van der Waals surface area (Å²) in [6, 6.07) is 9.84. The third-order valence-corrected chi connectivity index (χ3v) is 4.72. The lowest BCUT2D eigenvalue weighted by Crippen LogP contribution is -2.29. The van der Waals surface area contributed by atoms with Gasteiger partial charge in [0.15, 0.2) is 0 Å². The molecule has 102 valence electrons. The molecule has 0 amide bonds. The quantitative estimate of drug-likeness (QED) is 0.448. The van der Waals surface area contributed by atoms with Crippen molar-refractivity contribution in [2.45, 2.75) is 19.3 Å². The van der Waals surface area contributed by atoms with Gasteiger partial charge in [0.05, 0.1) is 13.3 Å². The van der Waals surface area contributed by atoms with E-state index in [1.807, 2.05) is 30.3 Å². The van der Waals surface area contributed by atoms with Crippen LogP contribution in [-0.2, 0) is 25.0 Å². The molecule has 0 spiro atoms. The summed E-state index contributed by atoms with van der Waals surface area (Å²) in [5.41, 5.74) is 1.09. The van der Waals surface area contributed by atoms with Gasteiger partial charge in [0.25, 0.3) is 0 Å². The average molecular weight is 273 g/mol. The normalized spacial score (nSPS) is 13.5. The van der Waals surface area contributed by atoms with E-state index in [1.54, 1.807) is 6.92 Å². The Bertz CT molecular complexity index is 377. The van der Waals surface area contributed by atoms with Crippen LogP contribution >= 0.6 is 7.60 Å². The first kappa shape index (κ1) is 15.3. The molecule has 0 saturated carbocycles. The molecule has 18 heavy (non-hydrogen) atoms. The summed E-state index contributed by atoms with van der Waals surface area (Å²) in [5, 5.41) is 2.96. The van der Waals surface area contributed by atoms with Gasteiger partial charge in [-0.2, -0.15) is 0 Å². The number of ether oxygens (including phenoxy) is 1. The Kier molecular flexibility index (Phi) is 6.54. The summed E-state index contributed by atoms with van der Waals surface area (Å²) < 4.78 is 27.1. The van der Waals surface area contributed by atoms with Gasteiger partial charge in [-0.15, -0.1) is 0 Å². The second kappa shape index (κ2) is 7.67. The molecular formula is C12H20NO4P. The smallest absolute Gasteiger partial charge is 0.346 e. The molecule has 1 aromatic rings. The summed E-state index contributed by atoms with van der Waals surface area (Å²) >= 11 is 0.